The van der Waals surface area contributed by atoms with Gasteiger partial charge in [0.1, 0.15) is 6.04 Å². The number of nitrogens with one attached hydrogen (secondary N) is 1. The zero-order valence-corrected chi connectivity index (χ0v) is 17.2. The number of pyridine rings is 1. The van der Waals surface area contributed by atoms with Crippen molar-refractivity contribution >= 4 is 11.6 Å². The smallest absolute Gasteiger partial charge is 0.248 e. The van der Waals surface area contributed by atoms with Gasteiger partial charge in [-0.3, -0.25) is 14.7 Å². The van der Waals surface area contributed by atoms with Crippen LogP contribution in [0.4, 0.5) is 5.69 Å². The first-order valence-electron chi connectivity index (χ1n) is 10.1. The summed E-state index contributed by atoms with van der Waals surface area (Å²) < 4.78 is 2.13. The third-order valence-corrected chi connectivity index (χ3v) is 5.38. The van der Waals surface area contributed by atoms with Gasteiger partial charge in [0.2, 0.25) is 5.91 Å². The highest BCUT2D eigenvalue weighted by molar-refractivity contribution is 5.95. The Morgan fingerprint density at radius 3 is 2.66 bits per heavy atom. The van der Waals surface area contributed by atoms with Gasteiger partial charge >= 0.3 is 0 Å². The minimum absolute atomic E-state index is 0.0464. The molecule has 0 spiro atoms. The predicted octanol–water partition coefficient (Wildman–Crippen LogP) is 3.91. The number of anilines is 1. The van der Waals surface area contributed by atoms with Gasteiger partial charge in [0.15, 0.2) is 0 Å². The largest absolute Gasteiger partial charge is 0.330 e. The van der Waals surface area contributed by atoms with E-state index in [4.69, 9.17) is 0 Å². The van der Waals surface area contributed by atoms with Crippen molar-refractivity contribution in [1.82, 2.24) is 19.4 Å². The van der Waals surface area contributed by atoms with Gasteiger partial charge in [0.25, 0.3) is 0 Å². The molecule has 6 nitrogen and oxygen atoms in total. The maximum Gasteiger partial charge on any atom is 0.248 e. The van der Waals surface area contributed by atoms with Crippen LogP contribution in [0.3, 0.4) is 0 Å². The summed E-state index contributed by atoms with van der Waals surface area (Å²) in [7, 11) is 0. The van der Waals surface area contributed by atoms with Crippen LogP contribution >= 0.6 is 0 Å². The summed E-state index contributed by atoms with van der Waals surface area (Å²) in [6.45, 7) is 7.69. The van der Waals surface area contributed by atoms with E-state index in [9.17, 15) is 4.79 Å². The zero-order chi connectivity index (χ0) is 20.4. The number of amides is 1. The van der Waals surface area contributed by atoms with Crippen molar-refractivity contribution in [3.63, 3.8) is 0 Å². The fourth-order valence-electron chi connectivity index (χ4n) is 3.89. The molecule has 0 fully saturated rings. The molecule has 1 N–H and O–H groups in total. The molecule has 0 bridgehead atoms. The number of hydrogen-bond donors (Lipinski definition) is 1. The number of hydrogen-bond acceptors (Lipinski definition) is 4. The Hall–Kier alpha value is -2.99. The van der Waals surface area contributed by atoms with Crippen molar-refractivity contribution in [2.45, 2.75) is 45.8 Å². The predicted molar refractivity (Wildman–Crippen MR) is 114 cm³/mol. The summed E-state index contributed by atoms with van der Waals surface area (Å²) in [6, 6.07) is 13.9. The van der Waals surface area contributed by atoms with Crippen molar-refractivity contribution in [3.05, 3.63) is 77.6 Å². The lowest BCUT2D eigenvalue weighted by Crippen LogP contribution is -2.42. The van der Waals surface area contributed by atoms with E-state index in [1.54, 1.807) is 6.20 Å². The molecule has 3 heterocycles. The summed E-state index contributed by atoms with van der Waals surface area (Å²) in [5.74, 6) is -0.0464. The molecule has 3 aromatic rings. The Bertz CT molecular complexity index is 978. The number of fused-ring (bicyclic) bond motifs is 1. The SMILES string of the molecule is Cc1ccc(NC(=O)C2c3c(ncn3C(C)C)CCN2Cc2ccccc2)cn1. The van der Waals surface area contributed by atoms with Crippen LogP contribution in [0.2, 0.25) is 0 Å². The van der Waals surface area contributed by atoms with Crippen LogP contribution in [-0.4, -0.2) is 31.9 Å². The van der Waals surface area contributed by atoms with Crippen molar-refractivity contribution in [1.29, 1.82) is 0 Å². The molecule has 1 aliphatic rings. The summed E-state index contributed by atoms with van der Waals surface area (Å²) in [6.07, 6.45) is 4.42. The molecule has 1 atom stereocenters. The topological polar surface area (TPSA) is 63.1 Å². The molecular weight excluding hydrogens is 362 g/mol. The lowest BCUT2D eigenvalue weighted by Gasteiger charge is -2.36. The lowest BCUT2D eigenvalue weighted by molar-refractivity contribution is -0.122. The third kappa shape index (κ3) is 4.07. The van der Waals surface area contributed by atoms with Gasteiger partial charge in [-0.1, -0.05) is 30.3 Å². The first kappa shape index (κ1) is 19.3. The first-order chi connectivity index (χ1) is 14.0. The van der Waals surface area contributed by atoms with Crippen molar-refractivity contribution in [2.75, 3.05) is 11.9 Å². The van der Waals surface area contributed by atoms with E-state index in [2.05, 4.69) is 50.7 Å². The minimum atomic E-state index is -0.398. The molecule has 1 amide bonds. The Morgan fingerprint density at radius 1 is 1.17 bits per heavy atom. The molecule has 0 saturated heterocycles. The van der Waals surface area contributed by atoms with Crippen LogP contribution in [0.25, 0.3) is 0 Å². The molecule has 1 aromatic carbocycles. The third-order valence-electron chi connectivity index (χ3n) is 5.38. The highest BCUT2D eigenvalue weighted by Crippen LogP contribution is 2.33. The van der Waals surface area contributed by atoms with E-state index in [1.807, 2.05) is 43.6 Å². The highest BCUT2D eigenvalue weighted by Gasteiger charge is 2.37. The molecule has 2 aromatic heterocycles. The fraction of sp³-hybridized carbons (Fsp3) is 0.348. The number of carbonyl (C=O) groups excluding carboxylic acids is 1. The summed E-state index contributed by atoms with van der Waals surface area (Å²) in [4.78, 5) is 24.6. The number of benzene rings is 1. The van der Waals surface area contributed by atoms with E-state index >= 15 is 0 Å². The number of nitrogens with zero attached hydrogens (tertiary/aromatic N) is 4. The van der Waals surface area contributed by atoms with Crippen molar-refractivity contribution in [2.24, 2.45) is 0 Å². The van der Waals surface area contributed by atoms with Gasteiger partial charge in [-0.25, -0.2) is 4.98 Å². The Kier molecular flexibility index (Phi) is 5.45. The van der Waals surface area contributed by atoms with E-state index in [0.29, 0.717) is 12.2 Å². The van der Waals surface area contributed by atoms with Gasteiger partial charge in [0, 0.05) is 31.2 Å². The van der Waals surface area contributed by atoms with Crippen molar-refractivity contribution in [3.8, 4) is 0 Å². The van der Waals surface area contributed by atoms with Crippen LogP contribution in [0.15, 0.2) is 55.0 Å². The van der Waals surface area contributed by atoms with Crippen LogP contribution in [-0.2, 0) is 17.8 Å². The van der Waals surface area contributed by atoms with Gasteiger partial charge in [-0.15, -0.1) is 0 Å². The lowest BCUT2D eigenvalue weighted by atomic mass is 9.99. The van der Waals surface area contributed by atoms with Gasteiger partial charge in [0.05, 0.1) is 29.6 Å². The highest BCUT2D eigenvalue weighted by atomic mass is 16.2. The van der Waals surface area contributed by atoms with E-state index in [1.165, 1.54) is 5.56 Å². The second-order valence-corrected chi connectivity index (χ2v) is 7.86. The normalized spacial score (nSPS) is 16.6. The standard InChI is InChI=1S/C23H27N5O/c1-16(2)28-15-25-20-11-12-27(14-18-7-5-4-6-8-18)22(21(20)28)23(29)26-19-10-9-17(3)24-13-19/h4-10,13,15-16,22H,11-12,14H2,1-3H3,(H,26,29). The number of carbonyl (C=O) groups is 1. The van der Waals surface area contributed by atoms with E-state index in [-0.39, 0.29) is 11.9 Å². The Balaban J connectivity index is 1.68. The average molecular weight is 390 g/mol. The number of aryl methyl sites for hydroxylation is 1. The van der Waals surface area contributed by atoms with E-state index < -0.39 is 6.04 Å². The molecule has 4 rings (SSSR count). The second kappa shape index (κ2) is 8.17. The number of imidazole rings is 1. The van der Waals surface area contributed by atoms with Crippen LogP contribution in [0, 0.1) is 6.92 Å². The second-order valence-electron chi connectivity index (χ2n) is 7.86. The number of aromatic nitrogens is 3. The van der Waals surface area contributed by atoms with Gasteiger partial charge in [-0.2, -0.15) is 0 Å². The maximum absolute atomic E-state index is 13.5. The van der Waals surface area contributed by atoms with Crippen LogP contribution < -0.4 is 5.32 Å². The molecular formula is C23H27N5O. The fourth-order valence-corrected chi connectivity index (χ4v) is 3.89. The molecule has 29 heavy (non-hydrogen) atoms. The monoisotopic (exact) mass is 389 g/mol. The zero-order valence-electron chi connectivity index (χ0n) is 17.2. The number of rotatable bonds is 5. The molecule has 1 aliphatic heterocycles. The summed E-state index contributed by atoms with van der Waals surface area (Å²) in [5, 5.41) is 3.07. The average Bonchev–Trinajstić information content (AvgIpc) is 3.14. The molecule has 6 heteroatoms. The molecule has 150 valence electrons. The maximum atomic E-state index is 13.5. The quantitative estimate of drug-likeness (QED) is 0.719. The first-order valence-corrected chi connectivity index (χ1v) is 10.1. The molecule has 0 aliphatic carbocycles. The molecule has 0 radical (unpaired) electrons. The summed E-state index contributed by atoms with van der Waals surface area (Å²) >= 11 is 0. The Labute approximate surface area is 171 Å². The Morgan fingerprint density at radius 2 is 1.97 bits per heavy atom. The molecule has 0 saturated carbocycles. The van der Waals surface area contributed by atoms with Gasteiger partial charge in [-0.05, 0) is 38.5 Å². The van der Waals surface area contributed by atoms with Crippen LogP contribution in [0.1, 0.15) is 48.6 Å². The van der Waals surface area contributed by atoms with Crippen LogP contribution in [0.5, 0.6) is 0 Å². The van der Waals surface area contributed by atoms with Crippen molar-refractivity contribution < 1.29 is 4.79 Å². The summed E-state index contributed by atoms with van der Waals surface area (Å²) in [5.41, 5.74) is 4.85. The molecule has 1 unspecified atom stereocenters. The van der Waals surface area contributed by atoms with Gasteiger partial charge < -0.3 is 9.88 Å². The minimum Gasteiger partial charge on any atom is -0.330 e. The van der Waals surface area contributed by atoms with E-state index in [0.717, 1.165) is 30.0 Å².